The van der Waals surface area contributed by atoms with Gasteiger partial charge in [0, 0.05) is 0 Å². The van der Waals surface area contributed by atoms with Crippen LogP contribution in [0, 0.1) is 0 Å². The minimum atomic E-state index is -0.113. The topological polar surface area (TPSA) is 20.2 Å². The van der Waals surface area contributed by atoms with Crippen molar-refractivity contribution >= 4 is 0 Å². The van der Waals surface area contributed by atoms with Crippen LogP contribution in [0.25, 0.3) is 0 Å². The third-order valence-electron chi connectivity index (χ3n) is 2.48. The first-order chi connectivity index (χ1) is 6.63. The third-order valence-corrected chi connectivity index (χ3v) is 2.48. The molecule has 0 aliphatic rings. The van der Waals surface area contributed by atoms with E-state index >= 15 is 0 Å². The van der Waals surface area contributed by atoms with Crippen molar-refractivity contribution in [1.29, 1.82) is 0 Å². The number of hydrogen-bond donors (Lipinski definition) is 1. The van der Waals surface area contributed by atoms with E-state index in [1.165, 1.54) is 50.5 Å². The van der Waals surface area contributed by atoms with Crippen LogP contribution in [0.4, 0.5) is 0 Å². The van der Waals surface area contributed by atoms with Crippen LogP contribution in [-0.4, -0.2) is 11.2 Å². The molecular formula is C13H26O. The highest BCUT2D eigenvalue weighted by atomic mass is 16.3. The standard InChI is InChI=1S/C13H26O/c1-12(2)10-8-6-4-5-7-9-11-13(3)14/h13-14H,1,4-11H2,2-3H3. The van der Waals surface area contributed by atoms with Gasteiger partial charge in [-0.3, -0.25) is 0 Å². The Morgan fingerprint density at radius 2 is 1.57 bits per heavy atom. The lowest BCUT2D eigenvalue weighted by Crippen LogP contribution is -1.98. The molecule has 14 heavy (non-hydrogen) atoms. The molecule has 0 aromatic heterocycles. The monoisotopic (exact) mass is 198 g/mol. The summed E-state index contributed by atoms with van der Waals surface area (Å²) in [7, 11) is 0. The van der Waals surface area contributed by atoms with Crippen LogP contribution in [0.15, 0.2) is 12.2 Å². The fraction of sp³-hybridized carbons (Fsp3) is 0.846. The zero-order chi connectivity index (χ0) is 10.8. The van der Waals surface area contributed by atoms with Gasteiger partial charge >= 0.3 is 0 Å². The van der Waals surface area contributed by atoms with Gasteiger partial charge in [0.15, 0.2) is 0 Å². The van der Waals surface area contributed by atoms with Crippen LogP contribution in [0.3, 0.4) is 0 Å². The zero-order valence-corrected chi connectivity index (χ0v) is 9.89. The molecule has 0 saturated carbocycles. The fourth-order valence-corrected chi connectivity index (χ4v) is 1.57. The van der Waals surface area contributed by atoms with Crippen LogP contribution in [0.2, 0.25) is 0 Å². The molecule has 0 spiro atoms. The van der Waals surface area contributed by atoms with Gasteiger partial charge in [-0.15, -0.1) is 6.58 Å². The number of aliphatic hydroxyl groups excluding tert-OH is 1. The maximum absolute atomic E-state index is 9.04. The molecule has 1 heteroatoms. The maximum atomic E-state index is 9.04. The first-order valence-corrected chi connectivity index (χ1v) is 5.95. The second kappa shape index (κ2) is 9.26. The first kappa shape index (κ1) is 13.7. The Morgan fingerprint density at radius 1 is 1.07 bits per heavy atom. The van der Waals surface area contributed by atoms with Crippen LogP contribution in [-0.2, 0) is 0 Å². The molecular weight excluding hydrogens is 172 g/mol. The number of allylic oxidation sites excluding steroid dienone is 1. The second-order valence-corrected chi connectivity index (χ2v) is 4.47. The van der Waals surface area contributed by atoms with Crippen molar-refractivity contribution < 1.29 is 5.11 Å². The number of rotatable bonds is 9. The van der Waals surface area contributed by atoms with Crippen molar-refractivity contribution in [3.05, 3.63) is 12.2 Å². The molecule has 0 radical (unpaired) electrons. The highest BCUT2D eigenvalue weighted by Crippen LogP contribution is 2.11. The molecule has 0 bridgehead atoms. The molecule has 1 atom stereocenters. The Morgan fingerprint density at radius 3 is 2.07 bits per heavy atom. The molecule has 0 rings (SSSR count). The Kier molecular flexibility index (Phi) is 9.06. The van der Waals surface area contributed by atoms with Crippen molar-refractivity contribution in [1.82, 2.24) is 0 Å². The van der Waals surface area contributed by atoms with Crippen molar-refractivity contribution in [2.45, 2.75) is 71.3 Å². The largest absolute Gasteiger partial charge is 0.393 e. The maximum Gasteiger partial charge on any atom is 0.0512 e. The van der Waals surface area contributed by atoms with E-state index < -0.39 is 0 Å². The summed E-state index contributed by atoms with van der Waals surface area (Å²) in [6.07, 6.45) is 9.79. The molecule has 0 heterocycles. The Bertz CT molecular complexity index is 138. The lowest BCUT2D eigenvalue weighted by Gasteiger charge is -2.04. The second-order valence-electron chi connectivity index (χ2n) is 4.47. The molecule has 0 aromatic rings. The Hall–Kier alpha value is -0.300. The van der Waals surface area contributed by atoms with Gasteiger partial charge in [0.25, 0.3) is 0 Å². The summed E-state index contributed by atoms with van der Waals surface area (Å²) in [6.45, 7) is 7.86. The van der Waals surface area contributed by atoms with E-state index in [-0.39, 0.29) is 6.10 Å². The highest BCUT2D eigenvalue weighted by Gasteiger charge is 1.95. The summed E-state index contributed by atoms with van der Waals surface area (Å²) in [4.78, 5) is 0. The predicted molar refractivity (Wildman–Crippen MR) is 63.4 cm³/mol. The van der Waals surface area contributed by atoms with Gasteiger partial charge in [0.05, 0.1) is 6.10 Å². The van der Waals surface area contributed by atoms with Gasteiger partial charge in [0.2, 0.25) is 0 Å². The smallest absolute Gasteiger partial charge is 0.0512 e. The molecule has 0 aliphatic heterocycles. The van der Waals surface area contributed by atoms with Gasteiger partial charge in [0.1, 0.15) is 0 Å². The molecule has 0 fully saturated rings. The van der Waals surface area contributed by atoms with E-state index in [1.807, 2.05) is 6.92 Å². The molecule has 1 unspecified atom stereocenters. The van der Waals surface area contributed by atoms with Gasteiger partial charge in [-0.25, -0.2) is 0 Å². The lowest BCUT2D eigenvalue weighted by molar-refractivity contribution is 0.180. The minimum Gasteiger partial charge on any atom is -0.393 e. The summed E-state index contributed by atoms with van der Waals surface area (Å²) in [5.41, 5.74) is 1.30. The van der Waals surface area contributed by atoms with Gasteiger partial charge in [-0.1, -0.05) is 37.7 Å². The number of aliphatic hydroxyl groups is 1. The van der Waals surface area contributed by atoms with E-state index in [0.29, 0.717) is 0 Å². The average Bonchev–Trinajstić information content (AvgIpc) is 2.08. The van der Waals surface area contributed by atoms with E-state index in [0.717, 1.165) is 6.42 Å². The predicted octanol–water partition coefficient (Wildman–Crippen LogP) is 4.06. The molecule has 1 N–H and O–H groups in total. The van der Waals surface area contributed by atoms with Crippen molar-refractivity contribution in [3.8, 4) is 0 Å². The molecule has 0 saturated heterocycles. The molecule has 0 aromatic carbocycles. The SMILES string of the molecule is C=C(C)CCCCCCCCC(C)O. The number of unbranched alkanes of at least 4 members (excludes halogenated alkanes) is 5. The highest BCUT2D eigenvalue weighted by molar-refractivity contribution is 4.86. The van der Waals surface area contributed by atoms with E-state index in [9.17, 15) is 0 Å². The van der Waals surface area contributed by atoms with E-state index in [4.69, 9.17) is 5.11 Å². The lowest BCUT2D eigenvalue weighted by atomic mass is 10.1. The zero-order valence-electron chi connectivity index (χ0n) is 9.89. The summed E-state index contributed by atoms with van der Waals surface area (Å²) in [5, 5.41) is 9.04. The molecule has 0 amide bonds. The fourth-order valence-electron chi connectivity index (χ4n) is 1.57. The van der Waals surface area contributed by atoms with Gasteiger partial charge in [-0.2, -0.15) is 0 Å². The normalized spacial score (nSPS) is 12.8. The van der Waals surface area contributed by atoms with E-state index in [1.54, 1.807) is 0 Å². The van der Waals surface area contributed by atoms with Crippen LogP contribution < -0.4 is 0 Å². The van der Waals surface area contributed by atoms with Crippen LogP contribution in [0.5, 0.6) is 0 Å². The van der Waals surface area contributed by atoms with Gasteiger partial charge in [-0.05, 0) is 33.1 Å². The summed E-state index contributed by atoms with van der Waals surface area (Å²) < 4.78 is 0. The first-order valence-electron chi connectivity index (χ1n) is 5.95. The van der Waals surface area contributed by atoms with Crippen molar-refractivity contribution in [2.24, 2.45) is 0 Å². The molecule has 84 valence electrons. The molecule has 1 nitrogen and oxygen atoms in total. The van der Waals surface area contributed by atoms with Crippen molar-refractivity contribution in [2.75, 3.05) is 0 Å². The average molecular weight is 198 g/mol. The van der Waals surface area contributed by atoms with Crippen molar-refractivity contribution in [3.63, 3.8) is 0 Å². The summed E-state index contributed by atoms with van der Waals surface area (Å²) in [6, 6.07) is 0. The van der Waals surface area contributed by atoms with Crippen LogP contribution in [0.1, 0.15) is 65.2 Å². The Balaban J connectivity index is 2.96. The quantitative estimate of drug-likeness (QED) is 0.437. The Labute approximate surface area is 89.2 Å². The van der Waals surface area contributed by atoms with E-state index in [2.05, 4.69) is 13.5 Å². The summed E-state index contributed by atoms with van der Waals surface area (Å²) >= 11 is 0. The summed E-state index contributed by atoms with van der Waals surface area (Å²) in [5.74, 6) is 0. The van der Waals surface area contributed by atoms with Crippen LogP contribution >= 0.6 is 0 Å². The number of hydrogen-bond acceptors (Lipinski definition) is 1. The van der Waals surface area contributed by atoms with Gasteiger partial charge < -0.3 is 5.11 Å². The molecule has 0 aliphatic carbocycles. The minimum absolute atomic E-state index is 0.113. The third kappa shape index (κ3) is 11.7.